The molecule has 16 heavy (non-hydrogen) atoms. The van der Waals surface area contributed by atoms with Gasteiger partial charge in [-0.05, 0) is 58.2 Å². The maximum Gasteiger partial charge on any atom is 0.323 e. The number of hydrogen-bond donors (Lipinski definition) is 4. The topological polar surface area (TPSA) is 87.7 Å². The van der Waals surface area contributed by atoms with Crippen molar-refractivity contribution < 1.29 is 13.7 Å². The Bertz CT molecular complexity index is 186. The molecular weight excluding hydrogens is 240 g/mol. The maximum atomic E-state index is 10.00. The molecule has 1 atom stereocenters. The standard InChI is InChI=1S/C9H26N2O3Si2/c1-15(2,12)14-16(3,13)9-5-8-11-7-4-6-10/h11-13H,4-10H2,1-3H3. The van der Waals surface area contributed by atoms with E-state index in [1.165, 1.54) is 0 Å². The molecule has 0 bridgehead atoms. The lowest BCUT2D eigenvalue weighted by atomic mass is 10.4. The zero-order chi connectivity index (χ0) is 12.7. The summed E-state index contributed by atoms with van der Waals surface area (Å²) in [5.41, 5.74) is 5.37. The fourth-order valence-electron chi connectivity index (χ4n) is 1.48. The molecule has 0 saturated carbocycles. The highest BCUT2D eigenvalue weighted by Crippen LogP contribution is 2.15. The SMILES string of the molecule is C[Si](C)(O)O[Si](C)(O)CCCNCCCN. The highest BCUT2D eigenvalue weighted by Gasteiger charge is 2.34. The summed E-state index contributed by atoms with van der Waals surface area (Å²) in [4.78, 5) is 19.6. The molecule has 0 aromatic rings. The van der Waals surface area contributed by atoms with Gasteiger partial charge in [-0.3, -0.25) is 0 Å². The quantitative estimate of drug-likeness (QED) is 0.351. The van der Waals surface area contributed by atoms with Crippen molar-refractivity contribution in [2.45, 2.75) is 38.5 Å². The molecule has 5 N–H and O–H groups in total. The van der Waals surface area contributed by atoms with E-state index in [1.807, 2.05) is 0 Å². The van der Waals surface area contributed by atoms with Gasteiger partial charge in [0.2, 0.25) is 0 Å². The van der Waals surface area contributed by atoms with Crippen molar-refractivity contribution in [1.29, 1.82) is 0 Å². The van der Waals surface area contributed by atoms with Gasteiger partial charge in [0.25, 0.3) is 0 Å². The van der Waals surface area contributed by atoms with Crippen LogP contribution in [0.3, 0.4) is 0 Å². The van der Waals surface area contributed by atoms with Crippen molar-refractivity contribution in [2.75, 3.05) is 19.6 Å². The Balaban J connectivity index is 3.58. The first-order chi connectivity index (χ1) is 7.27. The lowest BCUT2D eigenvalue weighted by Crippen LogP contribution is -2.47. The van der Waals surface area contributed by atoms with E-state index in [2.05, 4.69) is 5.32 Å². The van der Waals surface area contributed by atoms with Gasteiger partial charge in [0.05, 0.1) is 0 Å². The van der Waals surface area contributed by atoms with Crippen molar-refractivity contribution in [3.8, 4) is 0 Å². The number of hydrogen-bond acceptors (Lipinski definition) is 5. The van der Waals surface area contributed by atoms with Gasteiger partial charge < -0.3 is 24.8 Å². The molecule has 0 heterocycles. The first-order valence-corrected chi connectivity index (χ1v) is 11.2. The van der Waals surface area contributed by atoms with Crippen molar-refractivity contribution >= 4 is 17.1 Å². The second kappa shape index (κ2) is 7.54. The van der Waals surface area contributed by atoms with Crippen LogP contribution in [0.1, 0.15) is 12.8 Å². The molecule has 0 aliphatic carbocycles. The lowest BCUT2D eigenvalue weighted by molar-refractivity contribution is 0.313. The minimum atomic E-state index is -2.66. The maximum absolute atomic E-state index is 10.00. The Labute approximate surface area is 101 Å². The normalized spacial score (nSPS) is 16.1. The van der Waals surface area contributed by atoms with Crippen LogP contribution >= 0.6 is 0 Å². The van der Waals surface area contributed by atoms with Crippen LogP contribution in [-0.2, 0) is 4.12 Å². The number of nitrogens with one attached hydrogen (secondary N) is 1. The average molecular weight is 266 g/mol. The molecule has 0 radical (unpaired) electrons. The van der Waals surface area contributed by atoms with Crippen LogP contribution in [0.15, 0.2) is 0 Å². The Morgan fingerprint density at radius 2 is 1.69 bits per heavy atom. The van der Waals surface area contributed by atoms with Crippen LogP contribution < -0.4 is 11.1 Å². The van der Waals surface area contributed by atoms with Gasteiger partial charge in [-0.1, -0.05) is 0 Å². The molecule has 0 aromatic heterocycles. The molecule has 0 saturated heterocycles. The molecule has 98 valence electrons. The average Bonchev–Trinajstić information content (AvgIpc) is 2.06. The smallest absolute Gasteiger partial charge is 0.323 e. The zero-order valence-electron chi connectivity index (χ0n) is 10.6. The summed E-state index contributed by atoms with van der Waals surface area (Å²) in [5, 5.41) is 3.25. The third-order valence-corrected chi connectivity index (χ3v) is 7.06. The van der Waals surface area contributed by atoms with Crippen molar-refractivity contribution in [3.05, 3.63) is 0 Å². The Kier molecular flexibility index (Phi) is 7.65. The second-order valence-corrected chi connectivity index (χ2v) is 11.3. The van der Waals surface area contributed by atoms with Crippen LogP contribution in [0.25, 0.3) is 0 Å². The van der Waals surface area contributed by atoms with E-state index >= 15 is 0 Å². The minimum Gasteiger partial charge on any atom is -0.415 e. The van der Waals surface area contributed by atoms with E-state index in [0.29, 0.717) is 12.6 Å². The molecule has 1 unspecified atom stereocenters. The number of nitrogens with two attached hydrogens (primary N) is 1. The van der Waals surface area contributed by atoms with E-state index in [0.717, 1.165) is 25.9 Å². The third-order valence-electron chi connectivity index (χ3n) is 2.02. The molecule has 5 nitrogen and oxygen atoms in total. The summed E-state index contributed by atoms with van der Waals surface area (Å²) in [7, 11) is -5.26. The van der Waals surface area contributed by atoms with Crippen LogP contribution in [0.5, 0.6) is 0 Å². The van der Waals surface area contributed by atoms with E-state index in [1.54, 1.807) is 19.6 Å². The second-order valence-electron chi connectivity index (χ2n) is 4.72. The molecule has 0 spiro atoms. The summed E-state index contributed by atoms with van der Waals surface area (Å²) in [6.45, 7) is 7.56. The van der Waals surface area contributed by atoms with Crippen molar-refractivity contribution in [1.82, 2.24) is 5.32 Å². The van der Waals surface area contributed by atoms with Crippen LogP contribution in [0, 0.1) is 0 Å². The molecular formula is C9H26N2O3Si2. The highest BCUT2D eigenvalue weighted by molar-refractivity contribution is 6.78. The molecule has 0 aliphatic rings. The van der Waals surface area contributed by atoms with Crippen LogP contribution in [0.2, 0.25) is 25.7 Å². The van der Waals surface area contributed by atoms with E-state index in [9.17, 15) is 9.59 Å². The zero-order valence-corrected chi connectivity index (χ0v) is 12.6. The molecule has 0 aromatic carbocycles. The van der Waals surface area contributed by atoms with Gasteiger partial charge >= 0.3 is 17.1 Å². The van der Waals surface area contributed by atoms with E-state index in [-0.39, 0.29) is 0 Å². The van der Waals surface area contributed by atoms with Gasteiger partial charge in [0, 0.05) is 0 Å². The first kappa shape index (κ1) is 16.2. The summed E-state index contributed by atoms with van der Waals surface area (Å²) >= 11 is 0. The van der Waals surface area contributed by atoms with Crippen molar-refractivity contribution in [3.63, 3.8) is 0 Å². The van der Waals surface area contributed by atoms with E-state index < -0.39 is 17.1 Å². The van der Waals surface area contributed by atoms with Crippen molar-refractivity contribution in [2.24, 2.45) is 5.73 Å². The summed E-state index contributed by atoms with van der Waals surface area (Å²) < 4.78 is 5.39. The van der Waals surface area contributed by atoms with Gasteiger partial charge in [0.15, 0.2) is 0 Å². The van der Waals surface area contributed by atoms with Crippen LogP contribution in [-0.4, -0.2) is 46.3 Å². The van der Waals surface area contributed by atoms with Gasteiger partial charge in [0.1, 0.15) is 0 Å². The largest absolute Gasteiger partial charge is 0.415 e. The first-order valence-electron chi connectivity index (χ1n) is 5.82. The molecule has 0 fully saturated rings. The highest BCUT2D eigenvalue weighted by atomic mass is 28.5. The summed E-state index contributed by atoms with van der Waals surface area (Å²) in [6, 6.07) is 0.652. The van der Waals surface area contributed by atoms with Crippen LogP contribution in [0.4, 0.5) is 0 Å². The number of rotatable bonds is 9. The Morgan fingerprint density at radius 3 is 2.19 bits per heavy atom. The fourth-order valence-corrected chi connectivity index (χ4v) is 7.03. The molecule has 7 heteroatoms. The Morgan fingerprint density at radius 1 is 1.12 bits per heavy atom. The van der Waals surface area contributed by atoms with Gasteiger partial charge in [-0.15, -0.1) is 0 Å². The van der Waals surface area contributed by atoms with E-state index in [4.69, 9.17) is 9.85 Å². The predicted molar refractivity (Wildman–Crippen MR) is 70.6 cm³/mol. The predicted octanol–water partition coefficient (Wildman–Crippen LogP) is 0.0899. The minimum absolute atomic E-state index is 0.652. The summed E-state index contributed by atoms with van der Waals surface area (Å²) in [5.74, 6) is 0. The third kappa shape index (κ3) is 10.7. The summed E-state index contributed by atoms with van der Waals surface area (Å²) in [6.07, 6.45) is 1.84. The molecule has 0 aliphatic heterocycles. The Hall–Kier alpha value is 0.234. The monoisotopic (exact) mass is 266 g/mol. The molecule has 0 rings (SSSR count). The van der Waals surface area contributed by atoms with Gasteiger partial charge in [-0.2, -0.15) is 0 Å². The molecule has 0 amide bonds. The lowest BCUT2D eigenvalue weighted by Gasteiger charge is -2.27. The van der Waals surface area contributed by atoms with Gasteiger partial charge in [-0.25, -0.2) is 0 Å². The fraction of sp³-hybridized carbons (Fsp3) is 1.00.